The van der Waals surface area contributed by atoms with Crippen LogP contribution in [0.25, 0.3) is 11.1 Å². The molecule has 0 saturated heterocycles. The zero-order valence-electron chi connectivity index (χ0n) is 24.8. The Balaban J connectivity index is 1.69. The van der Waals surface area contributed by atoms with Gasteiger partial charge in [-0.05, 0) is 67.8 Å². The number of esters is 1. The van der Waals surface area contributed by atoms with Gasteiger partial charge in [0.05, 0.1) is 7.11 Å². The third kappa shape index (κ3) is 9.51. The van der Waals surface area contributed by atoms with Gasteiger partial charge in [0.25, 0.3) is 0 Å². The van der Waals surface area contributed by atoms with Crippen molar-refractivity contribution < 1.29 is 28.5 Å². The number of carbonyl (C=O) groups is 2. The second kappa shape index (κ2) is 14.6. The molecule has 4 rings (SSSR count). The van der Waals surface area contributed by atoms with E-state index in [9.17, 15) is 9.59 Å². The Hall–Kier alpha value is -4.49. The third-order valence-corrected chi connectivity index (χ3v) is 6.60. The number of alkyl carbamates (subject to hydrolysis) is 1. The predicted molar refractivity (Wildman–Crippen MR) is 167 cm³/mol. The summed E-state index contributed by atoms with van der Waals surface area (Å²) in [4.78, 5) is 25.2. The van der Waals surface area contributed by atoms with Gasteiger partial charge in [-0.3, -0.25) is 0 Å². The number of carbonyl (C=O) groups excluding carboxylic acids is 2. The minimum Gasteiger partial charge on any atom is -0.488 e. The molecule has 0 radical (unpaired) electrons. The van der Waals surface area contributed by atoms with Crippen molar-refractivity contribution in [2.45, 2.75) is 52.0 Å². The van der Waals surface area contributed by atoms with E-state index in [2.05, 4.69) is 5.32 Å². The molecule has 0 spiro atoms. The van der Waals surface area contributed by atoms with Crippen molar-refractivity contribution in [3.63, 3.8) is 0 Å². The number of hydrogen-bond acceptors (Lipinski definition) is 6. The van der Waals surface area contributed by atoms with Crippen molar-refractivity contribution >= 4 is 23.7 Å². The average Bonchev–Trinajstić information content (AvgIpc) is 2.99. The Labute approximate surface area is 257 Å². The summed E-state index contributed by atoms with van der Waals surface area (Å²) >= 11 is 6.48. The minimum atomic E-state index is -0.975. The normalized spacial score (nSPS) is 11.7. The van der Waals surface area contributed by atoms with E-state index in [0.29, 0.717) is 29.7 Å². The number of ether oxygens (including phenoxy) is 4. The van der Waals surface area contributed by atoms with Gasteiger partial charge < -0.3 is 24.3 Å². The van der Waals surface area contributed by atoms with Crippen molar-refractivity contribution in [1.29, 1.82) is 0 Å². The number of rotatable bonds is 11. The van der Waals surface area contributed by atoms with E-state index in [0.717, 1.165) is 27.8 Å². The molecule has 0 saturated carbocycles. The smallest absolute Gasteiger partial charge is 0.408 e. The molecule has 0 aromatic heterocycles. The molecule has 1 N–H and O–H groups in total. The van der Waals surface area contributed by atoms with Gasteiger partial charge in [-0.15, -0.1) is 0 Å². The van der Waals surface area contributed by atoms with Gasteiger partial charge in [0.2, 0.25) is 0 Å². The largest absolute Gasteiger partial charge is 0.488 e. The van der Waals surface area contributed by atoms with Gasteiger partial charge in [-0.2, -0.15) is 0 Å². The van der Waals surface area contributed by atoms with Crippen molar-refractivity contribution in [3.8, 4) is 22.6 Å². The first kappa shape index (κ1) is 31.4. The summed E-state index contributed by atoms with van der Waals surface area (Å²) in [5.74, 6) is 0.631. The molecule has 0 unspecified atom stereocenters. The molecule has 8 heteroatoms. The second-order valence-electron chi connectivity index (χ2n) is 10.9. The van der Waals surface area contributed by atoms with E-state index < -0.39 is 23.7 Å². The molecule has 0 heterocycles. The van der Waals surface area contributed by atoms with Crippen LogP contribution in [0.2, 0.25) is 5.02 Å². The third-order valence-electron chi connectivity index (χ3n) is 6.37. The molecule has 0 fully saturated rings. The molecular weight excluding hydrogens is 566 g/mol. The Kier molecular flexibility index (Phi) is 10.7. The highest BCUT2D eigenvalue weighted by Gasteiger charge is 2.26. The maximum Gasteiger partial charge on any atom is 0.408 e. The molecule has 1 amide bonds. The van der Waals surface area contributed by atoms with Gasteiger partial charge in [0, 0.05) is 22.6 Å². The minimum absolute atomic E-state index is 0.151. The number of amides is 1. The highest BCUT2D eigenvalue weighted by molar-refractivity contribution is 6.31. The molecule has 1 atom stereocenters. The van der Waals surface area contributed by atoms with Crippen LogP contribution in [0.5, 0.6) is 11.5 Å². The van der Waals surface area contributed by atoms with Crippen LogP contribution >= 0.6 is 11.6 Å². The van der Waals surface area contributed by atoms with Gasteiger partial charge >= 0.3 is 12.1 Å². The van der Waals surface area contributed by atoms with Crippen LogP contribution < -0.4 is 14.8 Å². The van der Waals surface area contributed by atoms with Gasteiger partial charge in [0.1, 0.15) is 36.4 Å². The molecule has 0 aliphatic carbocycles. The first-order chi connectivity index (χ1) is 20.6. The zero-order valence-corrected chi connectivity index (χ0v) is 25.5. The molecule has 43 heavy (non-hydrogen) atoms. The molecule has 0 aliphatic rings. The lowest BCUT2D eigenvalue weighted by Crippen LogP contribution is -2.45. The predicted octanol–water partition coefficient (Wildman–Crippen LogP) is 7.77. The fourth-order valence-corrected chi connectivity index (χ4v) is 4.54. The molecule has 7 nitrogen and oxygen atoms in total. The SMILES string of the molecule is COC(=O)[C@H](Cc1ccc(OCc2ccccc2)c(-c2cc(Cl)ccc2OCc2ccccc2)c1)NC(=O)OC(C)(C)C. The van der Waals surface area contributed by atoms with E-state index in [-0.39, 0.29) is 6.42 Å². The Morgan fingerprint density at radius 2 is 1.28 bits per heavy atom. The van der Waals surface area contributed by atoms with Crippen LogP contribution in [0, 0.1) is 0 Å². The standard InChI is InChI=1S/C35H36ClNO6/c1-35(2,3)43-34(39)37-30(33(38)40-4)20-26-15-17-31(41-22-24-11-7-5-8-12-24)28(19-26)29-21-27(36)16-18-32(29)42-23-25-13-9-6-10-14-25/h5-19,21,30H,20,22-23H2,1-4H3,(H,37,39)/t30-/m0/s1. The van der Waals surface area contributed by atoms with Gasteiger partial charge in [-0.25, -0.2) is 9.59 Å². The highest BCUT2D eigenvalue weighted by Crippen LogP contribution is 2.39. The summed E-state index contributed by atoms with van der Waals surface area (Å²) in [6.07, 6.45) is -0.559. The van der Waals surface area contributed by atoms with Crippen LogP contribution in [0.3, 0.4) is 0 Å². The van der Waals surface area contributed by atoms with Crippen molar-refractivity contribution in [2.24, 2.45) is 0 Å². The van der Waals surface area contributed by atoms with Crippen molar-refractivity contribution in [1.82, 2.24) is 5.32 Å². The summed E-state index contributed by atoms with van der Waals surface area (Å²) in [5, 5.41) is 3.17. The van der Waals surface area contributed by atoms with Gasteiger partial charge in [0.15, 0.2) is 0 Å². The van der Waals surface area contributed by atoms with Crippen molar-refractivity contribution in [3.05, 3.63) is 119 Å². The van der Waals surface area contributed by atoms with E-state index in [1.54, 1.807) is 26.8 Å². The lowest BCUT2D eigenvalue weighted by Gasteiger charge is -2.23. The summed E-state index contributed by atoms with van der Waals surface area (Å²) in [5.41, 5.74) is 3.51. The molecule has 0 aliphatic heterocycles. The number of benzene rings is 4. The first-order valence-electron chi connectivity index (χ1n) is 13.9. The highest BCUT2D eigenvalue weighted by atomic mass is 35.5. The summed E-state index contributed by atoms with van der Waals surface area (Å²) in [6, 6.07) is 29.8. The van der Waals surface area contributed by atoms with Crippen LogP contribution in [0.4, 0.5) is 4.79 Å². The van der Waals surface area contributed by atoms with E-state index in [4.69, 9.17) is 30.5 Å². The summed E-state index contributed by atoms with van der Waals surface area (Å²) in [7, 11) is 1.28. The van der Waals surface area contributed by atoms with Crippen molar-refractivity contribution in [2.75, 3.05) is 7.11 Å². The van der Waals surface area contributed by atoms with E-state index >= 15 is 0 Å². The quantitative estimate of drug-likeness (QED) is 0.177. The van der Waals surface area contributed by atoms with E-state index in [1.807, 2.05) is 91.0 Å². The van der Waals surface area contributed by atoms with Crippen LogP contribution in [0.15, 0.2) is 97.1 Å². The number of hydrogen-bond donors (Lipinski definition) is 1. The lowest BCUT2D eigenvalue weighted by molar-refractivity contribution is -0.143. The molecular formula is C35H36ClNO6. The zero-order chi connectivity index (χ0) is 30.8. The topological polar surface area (TPSA) is 83.1 Å². The van der Waals surface area contributed by atoms with Gasteiger partial charge in [-0.1, -0.05) is 78.3 Å². The molecule has 224 valence electrons. The van der Waals surface area contributed by atoms with Crippen LogP contribution in [0.1, 0.15) is 37.5 Å². The number of halogens is 1. The lowest BCUT2D eigenvalue weighted by atomic mass is 9.97. The Morgan fingerprint density at radius 3 is 1.81 bits per heavy atom. The molecule has 4 aromatic rings. The van der Waals surface area contributed by atoms with Crippen LogP contribution in [-0.2, 0) is 33.9 Å². The molecule has 0 bridgehead atoms. The second-order valence-corrected chi connectivity index (χ2v) is 11.4. The maximum absolute atomic E-state index is 12.7. The molecule has 4 aromatic carbocycles. The maximum atomic E-state index is 12.7. The van der Waals surface area contributed by atoms with E-state index in [1.165, 1.54) is 7.11 Å². The van der Waals surface area contributed by atoms with Crippen LogP contribution in [-0.4, -0.2) is 30.8 Å². The average molecular weight is 602 g/mol. The number of methoxy groups -OCH3 is 1. The summed E-state index contributed by atoms with van der Waals surface area (Å²) in [6.45, 7) is 5.96. The fourth-order valence-electron chi connectivity index (χ4n) is 4.37. The number of nitrogens with one attached hydrogen (secondary N) is 1. The first-order valence-corrected chi connectivity index (χ1v) is 14.3. The Morgan fingerprint density at radius 1 is 0.744 bits per heavy atom. The monoisotopic (exact) mass is 601 g/mol. The fraction of sp³-hybridized carbons (Fsp3) is 0.257. The summed E-state index contributed by atoms with van der Waals surface area (Å²) < 4.78 is 22.9. The Bertz CT molecular complexity index is 1520.